The fourth-order valence-electron chi connectivity index (χ4n) is 2.67. The van der Waals surface area contributed by atoms with Crippen LogP contribution in [0.2, 0.25) is 0 Å². The van der Waals surface area contributed by atoms with Crippen LogP contribution >= 0.6 is 0 Å². The zero-order chi connectivity index (χ0) is 24.5. The number of pyridine rings is 1. The molecule has 0 aliphatic carbocycles. The number of aromatic nitrogens is 1. The van der Waals surface area contributed by atoms with E-state index < -0.39 is 21.7 Å². The maximum atomic E-state index is 12.1. The van der Waals surface area contributed by atoms with Crippen molar-refractivity contribution in [3.8, 4) is 0 Å². The Morgan fingerprint density at radius 2 is 1.06 bits per heavy atom. The molecule has 0 saturated heterocycles. The van der Waals surface area contributed by atoms with Crippen LogP contribution in [0.1, 0.15) is 11.1 Å². The van der Waals surface area contributed by atoms with Gasteiger partial charge in [0, 0.05) is 36.4 Å². The molecule has 34 heavy (non-hydrogen) atoms. The van der Waals surface area contributed by atoms with Crippen LogP contribution in [0.25, 0.3) is 12.2 Å². The predicted octanol–water partition coefficient (Wildman–Crippen LogP) is 4.20. The van der Waals surface area contributed by atoms with E-state index in [0.29, 0.717) is 11.1 Å². The minimum Gasteiger partial charge on any atom is -0.307 e. The molecule has 2 aromatic carbocycles. The van der Waals surface area contributed by atoms with E-state index >= 15 is 0 Å². The summed E-state index contributed by atoms with van der Waals surface area (Å²) in [4.78, 5) is 48.7. The second kappa shape index (κ2) is 10.9. The van der Waals surface area contributed by atoms with Crippen LogP contribution in [0.5, 0.6) is 0 Å². The number of anilines is 2. The van der Waals surface area contributed by atoms with E-state index in [4.69, 9.17) is 0 Å². The standard InChI is InChI=1S/C23H17N5O6/c29-22(14-8-16-4-10-18(11-5-16)27(31)32)25-20-2-1-3-21(24-20)26-23(30)15-9-17-6-12-19(13-7-17)28(33)34/h1-15H,(H2,24,25,26,29,30)/b14-8-,15-9-. The molecular weight excluding hydrogens is 442 g/mol. The van der Waals surface area contributed by atoms with Crippen LogP contribution in [-0.2, 0) is 9.59 Å². The fourth-order valence-corrected chi connectivity index (χ4v) is 2.67. The van der Waals surface area contributed by atoms with Crippen molar-refractivity contribution in [2.75, 3.05) is 10.6 Å². The Bertz CT molecular complexity index is 1190. The van der Waals surface area contributed by atoms with Gasteiger partial charge >= 0.3 is 0 Å². The van der Waals surface area contributed by atoms with Crippen LogP contribution < -0.4 is 10.6 Å². The Hall–Kier alpha value is -5.19. The number of non-ortho nitro benzene ring substituents is 2. The van der Waals surface area contributed by atoms with E-state index in [9.17, 15) is 29.8 Å². The van der Waals surface area contributed by atoms with Gasteiger partial charge < -0.3 is 10.6 Å². The summed E-state index contributed by atoms with van der Waals surface area (Å²) in [6, 6.07) is 16.1. The zero-order valence-corrected chi connectivity index (χ0v) is 17.5. The molecule has 0 aliphatic heterocycles. The van der Waals surface area contributed by atoms with Crippen LogP contribution in [0.15, 0.2) is 78.9 Å². The molecule has 0 aliphatic rings. The summed E-state index contributed by atoms with van der Waals surface area (Å²) in [5.41, 5.74) is 1.11. The van der Waals surface area contributed by atoms with Crippen molar-refractivity contribution in [2.24, 2.45) is 0 Å². The van der Waals surface area contributed by atoms with E-state index in [0.717, 1.165) is 0 Å². The molecule has 3 rings (SSSR count). The summed E-state index contributed by atoms with van der Waals surface area (Å²) in [7, 11) is 0. The molecule has 0 saturated carbocycles. The number of carbonyl (C=O) groups is 2. The lowest BCUT2D eigenvalue weighted by molar-refractivity contribution is -0.385. The number of amides is 2. The molecule has 1 aromatic heterocycles. The van der Waals surface area contributed by atoms with Gasteiger partial charge in [0.25, 0.3) is 11.4 Å². The van der Waals surface area contributed by atoms with Gasteiger partial charge in [-0.05, 0) is 59.7 Å². The third-order valence-electron chi connectivity index (χ3n) is 4.31. The third kappa shape index (κ3) is 6.92. The van der Waals surface area contributed by atoms with Gasteiger partial charge in [-0.1, -0.05) is 6.07 Å². The highest BCUT2D eigenvalue weighted by Crippen LogP contribution is 2.15. The summed E-state index contributed by atoms with van der Waals surface area (Å²) >= 11 is 0. The van der Waals surface area contributed by atoms with Gasteiger partial charge in [0.1, 0.15) is 11.6 Å². The molecule has 1 heterocycles. The molecule has 0 radical (unpaired) electrons. The van der Waals surface area contributed by atoms with E-state index in [1.165, 1.54) is 72.8 Å². The first-order chi connectivity index (χ1) is 16.3. The number of hydrogen-bond donors (Lipinski definition) is 2. The van der Waals surface area contributed by atoms with Crippen molar-refractivity contribution in [3.63, 3.8) is 0 Å². The quantitative estimate of drug-likeness (QED) is 0.290. The Morgan fingerprint density at radius 1 is 0.676 bits per heavy atom. The summed E-state index contributed by atoms with van der Waals surface area (Å²) in [5.74, 6) is -0.550. The maximum absolute atomic E-state index is 12.1. The fraction of sp³-hybridized carbons (Fsp3) is 0. The number of carbonyl (C=O) groups excluding carboxylic acids is 2. The molecule has 0 bridgehead atoms. The van der Waals surface area contributed by atoms with Gasteiger partial charge in [0.05, 0.1) is 9.85 Å². The number of nitrogens with one attached hydrogen (secondary N) is 2. The molecule has 170 valence electrons. The lowest BCUT2D eigenvalue weighted by atomic mass is 10.2. The van der Waals surface area contributed by atoms with E-state index in [1.807, 2.05) is 0 Å². The molecule has 0 spiro atoms. The van der Waals surface area contributed by atoms with Gasteiger partial charge in [-0.25, -0.2) is 4.98 Å². The summed E-state index contributed by atoms with van der Waals surface area (Å²) in [6.45, 7) is 0. The Kier molecular flexibility index (Phi) is 7.53. The first-order valence-corrected chi connectivity index (χ1v) is 9.74. The topological polar surface area (TPSA) is 157 Å². The number of benzene rings is 2. The smallest absolute Gasteiger partial charge is 0.269 e. The molecule has 11 heteroatoms. The number of nitro groups is 2. The normalized spacial score (nSPS) is 10.8. The maximum Gasteiger partial charge on any atom is 0.269 e. The largest absolute Gasteiger partial charge is 0.307 e. The highest BCUT2D eigenvalue weighted by Gasteiger charge is 2.06. The lowest BCUT2D eigenvalue weighted by Gasteiger charge is -2.05. The van der Waals surface area contributed by atoms with Crippen LogP contribution in [0.4, 0.5) is 23.0 Å². The average Bonchev–Trinajstić information content (AvgIpc) is 2.82. The van der Waals surface area contributed by atoms with Crippen molar-refractivity contribution in [3.05, 3.63) is 110 Å². The number of nitro benzene ring substituents is 2. The van der Waals surface area contributed by atoms with Gasteiger partial charge in [-0.2, -0.15) is 0 Å². The van der Waals surface area contributed by atoms with E-state index in [-0.39, 0.29) is 23.0 Å². The first-order valence-electron chi connectivity index (χ1n) is 9.74. The Morgan fingerprint density at radius 3 is 1.41 bits per heavy atom. The van der Waals surface area contributed by atoms with Crippen LogP contribution in [0, 0.1) is 20.2 Å². The third-order valence-corrected chi connectivity index (χ3v) is 4.31. The van der Waals surface area contributed by atoms with Gasteiger partial charge in [0.2, 0.25) is 11.8 Å². The number of nitrogens with zero attached hydrogens (tertiary/aromatic N) is 3. The molecule has 2 amide bonds. The highest BCUT2D eigenvalue weighted by molar-refractivity contribution is 6.03. The number of hydrogen-bond acceptors (Lipinski definition) is 7. The average molecular weight is 459 g/mol. The molecule has 11 nitrogen and oxygen atoms in total. The van der Waals surface area contributed by atoms with Crippen molar-refractivity contribution in [1.82, 2.24) is 4.98 Å². The molecule has 3 aromatic rings. The van der Waals surface area contributed by atoms with Gasteiger partial charge in [-0.15, -0.1) is 0 Å². The zero-order valence-electron chi connectivity index (χ0n) is 17.5. The molecule has 0 fully saturated rings. The second-order valence-electron chi connectivity index (χ2n) is 6.75. The summed E-state index contributed by atoms with van der Waals surface area (Å²) in [6.07, 6.45) is 5.49. The van der Waals surface area contributed by atoms with Crippen molar-refractivity contribution < 1.29 is 19.4 Å². The molecule has 2 N–H and O–H groups in total. The van der Waals surface area contributed by atoms with E-state index in [1.54, 1.807) is 18.2 Å². The van der Waals surface area contributed by atoms with Crippen molar-refractivity contribution in [1.29, 1.82) is 0 Å². The van der Waals surface area contributed by atoms with Crippen LogP contribution in [0.3, 0.4) is 0 Å². The van der Waals surface area contributed by atoms with Crippen molar-refractivity contribution in [2.45, 2.75) is 0 Å². The monoisotopic (exact) mass is 459 g/mol. The second-order valence-corrected chi connectivity index (χ2v) is 6.75. The lowest BCUT2D eigenvalue weighted by Crippen LogP contribution is -2.12. The van der Waals surface area contributed by atoms with Gasteiger partial charge in [0.15, 0.2) is 0 Å². The predicted molar refractivity (Wildman–Crippen MR) is 126 cm³/mol. The highest BCUT2D eigenvalue weighted by atomic mass is 16.6. The van der Waals surface area contributed by atoms with Crippen molar-refractivity contribution >= 4 is 47.0 Å². The Labute approximate surface area is 192 Å². The van der Waals surface area contributed by atoms with Crippen LogP contribution in [-0.4, -0.2) is 26.6 Å². The Balaban J connectivity index is 1.56. The minimum absolute atomic E-state index is 0.0488. The minimum atomic E-state index is -0.511. The van der Waals surface area contributed by atoms with Gasteiger partial charge in [-0.3, -0.25) is 29.8 Å². The first kappa shape index (κ1) is 23.5. The van der Waals surface area contributed by atoms with E-state index in [2.05, 4.69) is 15.6 Å². The molecule has 0 unspecified atom stereocenters. The summed E-state index contributed by atoms with van der Waals surface area (Å²) < 4.78 is 0. The number of rotatable bonds is 8. The SMILES string of the molecule is O=C(/C=C\c1ccc([N+](=O)[O-])cc1)Nc1cccc(NC(=O)/C=C\c2ccc([N+](=O)[O-])cc2)n1. The molecular formula is C23H17N5O6. The molecule has 0 atom stereocenters. The summed E-state index contributed by atoms with van der Waals surface area (Å²) in [5, 5.41) is 26.5.